The third-order valence-corrected chi connectivity index (χ3v) is 5.88. The average molecular weight is 396 g/mol. The molecule has 1 fully saturated rings. The summed E-state index contributed by atoms with van der Waals surface area (Å²) in [5, 5.41) is 2.93. The fourth-order valence-electron chi connectivity index (χ4n) is 4.43. The molecule has 1 aliphatic carbocycles. The summed E-state index contributed by atoms with van der Waals surface area (Å²) in [4.78, 5) is 26.8. The van der Waals surface area contributed by atoms with Crippen molar-refractivity contribution in [1.29, 1.82) is 0 Å². The van der Waals surface area contributed by atoms with Gasteiger partial charge in [0.25, 0.3) is 0 Å². The second kappa shape index (κ2) is 7.85. The Morgan fingerprint density at radius 1 is 1.17 bits per heavy atom. The van der Waals surface area contributed by atoms with Crippen molar-refractivity contribution >= 4 is 17.7 Å². The van der Waals surface area contributed by atoms with E-state index in [0.29, 0.717) is 17.2 Å². The van der Waals surface area contributed by atoms with Crippen LogP contribution in [0.4, 0.5) is 14.9 Å². The number of nitrogens with one attached hydrogen (secondary N) is 1. The fraction of sp³-hybridized carbons (Fsp3) is 0.391. The van der Waals surface area contributed by atoms with Crippen molar-refractivity contribution in [1.82, 2.24) is 5.32 Å². The van der Waals surface area contributed by atoms with Crippen LogP contribution in [-0.4, -0.2) is 18.0 Å². The molecule has 6 heteroatoms. The van der Waals surface area contributed by atoms with Gasteiger partial charge in [0.1, 0.15) is 12.4 Å². The maximum atomic E-state index is 14.1. The zero-order chi connectivity index (χ0) is 20.5. The van der Waals surface area contributed by atoms with Crippen molar-refractivity contribution in [2.24, 2.45) is 11.8 Å². The largest absolute Gasteiger partial charge is 0.445 e. The van der Waals surface area contributed by atoms with Crippen molar-refractivity contribution in [2.45, 2.75) is 45.4 Å². The lowest BCUT2D eigenvalue weighted by molar-refractivity contribution is -0.117. The van der Waals surface area contributed by atoms with Crippen LogP contribution >= 0.6 is 0 Å². The van der Waals surface area contributed by atoms with E-state index < -0.39 is 18.0 Å². The van der Waals surface area contributed by atoms with Crippen LogP contribution in [0.5, 0.6) is 0 Å². The molecule has 0 bridgehead atoms. The first-order valence-corrected chi connectivity index (χ1v) is 10.0. The lowest BCUT2D eigenvalue weighted by atomic mass is 9.80. The maximum absolute atomic E-state index is 14.1. The minimum absolute atomic E-state index is 0.0233. The highest BCUT2D eigenvalue weighted by atomic mass is 19.1. The standard InChI is InChI=1S/C23H25FN2O3/c1-14-21(25-23(28)29-13-16-6-4-3-5-7-16)19-12-18(24)10-11-20(19)26(15(2)27)22(14)17-8-9-17/h3-7,10-12,14,17,21-22H,8-9,13H2,1-2H3,(H,25,28)/t14-,21?,22?/m1/s1. The van der Waals surface area contributed by atoms with Crippen LogP contribution < -0.4 is 10.2 Å². The average Bonchev–Trinajstić information content (AvgIpc) is 3.53. The van der Waals surface area contributed by atoms with E-state index in [0.717, 1.165) is 18.4 Å². The van der Waals surface area contributed by atoms with Gasteiger partial charge in [-0.3, -0.25) is 4.79 Å². The molecule has 4 rings (SSSR count). The number of halogens is 1. The van der Waals surface area contributed by atoms with Gasteiger partial charge in [0, 0.05) is 30.1 Å². The van der Waals surface area contributed by atoms with Gasteiger partial charge in [-0.25, -0.2) is 9.18 Å². The van der Waals surface area contributed by atoms with E-state index in [-0.39, 0.29) is 24.5 Å². The van der Waals surface area contributed by atoms with Crippen molar-refractivity contribution < 1.29 is 18.7 Å². The molecule has 2 unspecified atom stereocenters. The number of amides is 2. The fourth-order valence-corrected chi connectivity index (χ4v) is 4.43. The Balaban J connectivity index is 1.59. The molecule has 2 amide bonds. The van der Waals surface area contributed by atoms with Gasteiger partial charge < -0.3 is 15.0 Å². The van der Waals surface area contributed by atoms with E-state index in [1.807, 2.05) is 37.3 Å². The zero-order valence-corrected chi connectivity index (χ0v) is 16.6. The molecule has 0 aromatic heterocycles. The number of hydrogen-bond donors (Lipinski definition) is 1. The monoisotopic (exact) mass is 396 g/mol. The highest BCUT2D eigenvalue weighted by Gasteiger charge is 2.48. The predicted molar refractivity (Wildman–Crippen MR) is 108 cm³/mol. The molecule has 3 atom stereocenters. The number of carbonyl (C=O) groups is 2. The SMILES string of the molecule is CC(=O)N1c2ccc(F)cc2C(NC(=O)OCc2ccccc2)[C@@H](C)C1C1CC1. The number of hydrogen-bond acceptors (Lipinski definition) is 3. The molecule has 0 saturated heterocycles. The van der Waals surface area contributed by atoms with Crippen LogP contribution in [0, 0.1) is 17.7 Å². The predicted octanol–water partition coefficient (Wildman–Crippen LogP) is 4.57. The lowest BCUT2D eigenvalue weighted by Gasteiger charge is -2.45. The van der Waals surface area contributed by atoms with Gasteiger partial charge in [0.15, 0.2) is 0 Å². The van der Waals surface area contributed by atoms with Crippen molar-refractivity contribution in [3.8, 4) is 0 Å². The Morgan fingerprint density at radius 2 is 1.90 bits per heavy atom. The number of anilines is 1. The van der Waals surface area contributed by atoms with Crippen LogP contribution in [0.3, 0.4) is 0 Å². The molecular weight excluding hydrogens is 371 g/mol. The Labute approximate surface area is 169 Å². The number of ether oxygens (including phenoxy) is 1. The lowest BCUT2D eigenvalue weighted by Crippen LogP contribution is -2.53. The highest BCUT2D eigenvalue weighted by molar-refractivity contribution is 5.94. The Bertz CT molecular complexity index is 914. The topological polar surface area (TPSA) is 58.6 Å². The molecule has 152 valence electrons. The summed E-state index contributed by atoms with van der Waals surface area (Å²) in [5.41, 5.74) is 2.17. The minimum atomic E-state index is -0.549. The second-order valence-electron chi connectivity index (χ2n) is 7.96. The summed E-state index contributed by atoms with van der Waals surface area (Å²) in [6.07, 6.45) is 1.56. The van der Waals surface area contributed by atoms with Gasteiger partial charge in [-0.05, 0) is 42.5 Å². The molecule has 0 radical (unpaired) electrons. The first kappa shape index (κ1) is 19.4. The van der Waals surface area contributed by atoms with Crippen molar-refractivity contribution in [2.75, 3.05) is 4.90 Å². The zero-order valence-electron chi connectivity index (χ0n) is 16.6. The molecule has 0 spiro atoms. The molecule has 2 aliphatic rings. The number of carbonyl (C=O) groups excluding carboxylic acids is 2. The van der Waals surface area contributed by atoms with Crippen LogP contribution in [0.1, 0.15) is 43.9 Å². The Kier molecular flexibility index (Phi) is 5.26. The molecule has 2 aromatic rings. The third kappa shape index (κ3) is 3.97. The third-order valence-electron chi connectivity index (χ3n) is 5.88. The first-order chi connectivity index (χ1) is 14.0. The number of benzene rings is 2. The van der Waals surface area contributed by atoms with E-state index in [1.165, 1.54) is 19.1 Å². The molecule has 1 heterocycles. The summed E-state index contributed by atoms with van der Waals surface area (Å²) >= 11 is 0. The molecule has 1 aliphatic heterocycles. The smallest absolute Gasteiger partial charge is 0.407 e. The summed E-state index contributed by atoms with van der Waals surface area (Å²) in [6, 6.07) is 13.4. The maximum Gasteiger partial charge on any atom is 0.407 e. The Morgan fingerprint density at radius 3 is 2.55 bits per heavy atom. The van der Waals surface area contributed by atoms with Gasteiger partial charge in [-0.1, -0.05) is 37.3 Å². The normalized spacial score (nSPS) is 23.3. The summed E-state index contributed by atoms with van der Waals surface area (Å²) in [5.74, 6) is -0.123. The van der Waals surface area contributed by atoms with Gasteiger partial charge in [0.05, 0.1) is 6.04 Å². The molecule has 1 saturated carbocycles. The number of nitrogens with zero attached hydrogens (tertiary/aromatic N) is 1. The van der Waals surface area contributed by atoms with Crippen molar-refractivity contribution in [3.63, 3.8) is 0 Å². The molecule has 5 nitrogen and oxygen atoms in total. The van der Waals surface area contributed by atoms with Gasteiger partial charge in [0.2, 0.25) is 5.91 Å². The minimum Gasteiger partial charge on any atom is -0.445 e. The molecule has 2 aromatic carbocycles. The first-order valence-electron chi connectivity index (χ1n) is 10.0. The molecule has 29 heavy (non-hydrogen) atoms. The van der Waals surface area contributed by atoms with Gasteiger partial charge in [-0.15, -0.1) is 0 Å². The Hall–Kier alpha value is -2.89. The highest BCUT2D eigenvalue weighted by Crippen LogP contribution is 2.49. The van der Waals surface area contributed by atoms with E-state index in [1.54, 1.807) is 11.0 Å². The van der Waals surface area contributed by atoms with Crippen LogP contribution in [0.15, 0.2) is 48.5 Å². The van der Waals surface area contributed by atoms with E-state index in [9.17, 15) is 14.0 Å². The number of fused-ring (bicyclic) bond motifs is 1. The van der Waals surface area contributed by atoms with E-state index in [2.05, 4.69) is 5.32 Å². The van der Waals surface area contributed by atoms with E-state index in [4.69, 9.17) is 4.74 Å². The summed E-state index contributed by atoms with van der Waals surface area (Å²) < 4.78 is 19.4. The van der Waals surface area contributed by atoms with E-state index >= 15 is 0 Å². The number of rotatable bonds is 4. The number of alkyl carbamates (subject to hydrolysis) is 1. The van der Waals surface area contributed by atoms with Gasteiger partial charge >= 0.3 is 6.09 Å². The summed E-state index contributed by atoms with van der Waals surface area (Å²) in [6.45, 7) is 3.71. The van der Waals surface area contributed by atoms with Crippen molar-refractivity contribution in [3.05, 3.63) is 65.5 Å². The van der Waals surface area contributed by atoms with Crippen LogP contribution in [0.25, 0.3) is 0 Å². The van der Waals surface area contributed by atoms with Gasteiger partial charge in [-0.2, -0.15) is 0 Å². The summed E-state index contributed by atoms with van der Waals surface area (Å²) in [7, 11) is 0. The quantitative estimate of drug-likeness (QED) is 0.823. The molecule has 1 N–H and O–H groups in total. The van der Waals surface area contributed by atoms with Crippen LogP contribution in [0.2, 0.25) is 0 Å². The second-order valence-corrected chi connectivity index (χ2v) is 7.96. The molecular formula is C23H25FN2O3. The van der Waals surface area contributed by atoms with Crippen LogP contribution in [-0.2, 0) is 16.1 Å².